The van der Waals surface area contributed by atoms with Crippen LogP contribution in [0.25, 0.3) is 0 Å². The van der Waals surface area contributed by atoms with Gasteiger partial charge in [-0.2, -0.15) is 0 Å². The maximum absolute atomic E-state index is 11.5. The second kappa shape index (κ2) is 2.48. The van der Waals surface area contributed by atoms with Gasteiger partial charge in [0.25, 0.3) is 0 Å². The first kappa shape index (κ1) is 8.24. The minimum atomic E-state index is -0.0847. The fourth-order valence-corrected chi connectivity index (χ4v) is 4.48. The zero-order valence-corrected chi connectivity index (χ0v) is 8.61. The Bertz CT molecular complexity index is 268. The number of rotatable bonds is 1. The van der Waals surface area contributed by atoms with Crippen molar-refractivity contribution in [2.45, 2.75) is 17.4 Å². The molecule has 1 aliphatic heterocycles. The second-order valence-electron chi connectivity index (χ2n) is 4.28. The van der Waals surface area contributed by atoms with Gasteiger partial charge in [0.1, 0.15) is 6.10 Å². The first-order chi connectivity index (χ1) is 6.24. The number of ether oxygens (including phenoxy) is 1. The van der Waals surface area contributed by atoms with Crippen molar-refractivity contribution in [2.24, 2.45) is 23.7 Å². The van der Waals surface area contributed by atoms with E-state index in [1.165, 1.54) is 0 Å². The van der Waals surface area contributed by atoms with Crippen LogP contribution in [0, 0.1) is 23.7 Å². The molecule has 2 saturated carbocycles. The zero-order chi connectivity index (χ0) is 9.16. The van der Waals surface area contributed by atoms with E-state index in [4.69, 9.17) is 4.74 Å². The number of fused-ring (bicyclic) bond motifs is 1. The van der Waals surface area contributed by atoms with E-state index in [0.717, 1.165) is 6.42 Å². The molecule has 13 heavy (non-hydrogen) atoms. The van der Waals surface area contributed by atoms with Crippen molar-refractivity contribution < 1.29 is 14.6 Å². The van der Waals surface area contributed by atoms with Crippen molar-refractivity contribution in [2.75, 3.05) is 6.61 Å². The highest BCUT2D eigenvalue weighted by Gasteiger charge is 2.65. The van der Waals surface area contributed by atoms with E-state index in [2.05, 4.69) is 15.9 Å². The molecule has 2 aliphatic carbocycles. The first-order valence-corrected chi connectivity index (χ1v) is 5.61. The molecule has 1 heterocycles. The first-order valence-electron chi connectivity index (χ1n) is 4.69. The Morgan fingerprint density at radius 1 is 1.54 bits per heavy atom. The molecule has 1 saturated heterocycles. The average molecular weight is 247 g/mol. The lowest BCUT2D eigenvalue weighted by Crippen LogP contribution is -2.35. The van der Waals surface area contributed by atoms with E-state index >= 15 is 0 Å². The van der Waals surface area contributed by atoms with E-state index in [9.17, 15) is 9.90 Å². The molecule has 2 bridgehead atoms. The summed E-state index contributed by atoms with van der Waals surface area (Å²) in [5.41, 5.74) is 0. The molecule has 3 aliphatic rings. The van der Waals surface area contributed by atoms with E-state index < -0.39 is 0 Å². The van der Waals surface area contributed by atoms with E-state index in [-0.39, 0.29) is 35.3 Å². The third-order valence-electron chi connectivity index (χ3n) is 3.90. The van der Waals surface area contributed by atoms with Gasteiger partial charge in [-0.25, -0.2) is 0 Å². The van der Waals surface area contributed by atoms with Gasteiger partial charge < -0.3 is 9.84 Å². The number of carbonyl (C=O) groups excluding carboxylic acids is 1. The summed E-state index contributed by atoms with van der Waals surface area (Å²) in [5.74, 6) is 0.864. The Kier molecular flexibility index (Phi) is 1.57. The number of alkyl halides is 1. The molecule has 3 nitrogen and oxygen atoms in total. The minimum Gasteiger partial charge on any atom is -0.461 e. The number of halogens is 1. The van der Waals surface area contributed by atoms with Gasteiger partial charge in [0.2, 0.25) is 0 Å². The zero-order valence-electron chi connectivity index (χ0n) is 7.02. The van der Waals surface area contributed by atoms with Crippen LogP contribution < -0.4 is 0 Å². The molecule has 0 aromatic rings. The van der Waals surface area contributed by atoms with Gasteiger partial charge in [0, 0.05) is 12.5 Å². The average Bonchev–Trinajstić information content (AvgIpc) is 2.68. The maximum Gasteiger partial charge on any atom is 0.310 e. The Hall–Kier alpha value is -0.0900. The van der Waals surface area contributed by atoms with Crippen LogP contribution in [0.5, 0.6) is 0 Å². The van der Waals surface area contributed by atoms with Crippen LogP contribution in [0.15, 0.2) is 0 Å². The molecule has 3 fully saturated rings. The van der Waals surface area contributed by atoms with Gasteiger partial charge in [-0.1, -0.05) is 15.9 Å². The molecule has 72 valence electrons. The molecular weight excluding hydrogens is 236 g/mol. The summed E-state index contributed by atoms with van der Waals surface area (Å²) in [4.78, 5) is 11.7. The lowest BCUT2D eigenvalue weighted by molar-refractivity contribution is -0.144. The molecular formula is C9H11BrO3. The summed E-state index contributed by atoms with van der Waals surface area (Å²) in [6.45, 7) is 0.121. The predicted octanol–water partition coefficient (Wildman–Crippen LogP) is 0.550. The molecule has 6 atom stereocenters. The number of hydrogen-bond acceptors (Lipinski definition) is 3. The maximum atomic E-state index is 11.5. The standard InChI is InChI=1S/C9H11BrO3/c10-7-3-1-4-6(5(3)2-11)9(12)13-8(4)7/h3-8,11H,1-2H2/t3-,4+,5+,6+,7+,8-/m1/s1. The number of carbonyl (C=O) groups is 1. The molecule has 0 aromatic heterocycles. The molecule has 0 amide bonds. The summed E-state index contributed by atoms with van der Waals surface area (Å²) in [6, 6.07) is 0. The number of esters is 1. The van der Waals surface area contributed by atoms with E-state index in [0.29, 0.717) is 11.8 Å². The van der Waals surface area contributed by atoms with Gasteiger partial charge in [-0.15, -0.1) is 0 Å². The monoisotopic (exact) mass is 246 g/mol. The fourth-order valence-electron chi connectivity index (χ4n) is 3.37. The van der Waals surface area contributed by atoms with Gasteiger partial charge in [-0.3, -0.25) is 4.79 Å². The summed E-state index contributed by atoms with van der Waals surface area (Å²) in [7, 11) is 0. The van der Waals surface area contributed by atoms with Crippen LogP contribution in [0.4, 0.5) is 0 Å². The van der Waals surface area contributed by atoms with Crippen molar-refractivity contribution in [3.8, 4) is 0 Å². The largest absolute Gasteiger partial charge is 0.461 e. The summed E-state index contributed by atoms with van der Waals surface area (Å²) < 4.78 is 5.29. The highest BCUT2D eigenvalue weighted by atomic mass is 79.9. The van der Waals surface area contributed by atoms with E-state index in [1.54, 1.807) is 0 Å². The lowest BCUT2D eigenvalue weighted by atomic mass is 9.80. The lowest BCUT2D eigenvalue weighted by Gasteiger charge is -2.26. The van der Waals surface area contributed by atoms with Crippen LogP contribution in [0.3, 0.4) is 0 Å². The Labute approximate surface area is 84.6 Å². The highest BCUT2D eigenvalue weighted by molar-refractivity contribution is 9.09. The van der Waals surface area contributed by atoms with Gasteiger partial charge in [0.15, 0.2) is 0 Å². The molecule has 0 aromatic carbocycles. The van der Waals surface area contributed by atoms with Gasteiger partial charge >= 0.3 is 5.97 Å². The molecule has 0 unspecified atom stereocenters. The van der Waals surface area contributed by atoms with Gasteiger partial charge in [-0.05, 0) is 18.3 Å². The van der Waals surface area contributed by atoms with Crippen LogP contribution in [0.1, 0.15) is 6.42 Å². The molecule has 0 spiro atoms. The third kappa shape index (κ3) is 0.814. The van der Waals surface area contributed by atoms with Crippen molar-refractivity contribution >= 4 is 21.9 Å². The molecule has 0 radical (unpaired) electrons. The summed E-state index contributed by atoms with van der Waals surface area (Å²) in [5, 5.41) is 9.22. The Morgan fingerprint density at radius 2 is 2.31 bits per heavy atom. The van der Waals surface area contributed by atoms with Crippen molar-refractivity contribution in [3.63, 3.8) is 0 Å². The van der Waals surface area contributed by atoms with Gasteiger partial charge in [0.05, 0.1) is 10.7 Å². The van der Waals surface area contributed by atoms with Crippen LogP contribution >= 0.6 is 15.9 Å². The fraction of sp³-hybridized carbons (Fsp3) is 0.889. The Morgan fingerprint density at radius 3 is 3.00 bits per heavy atom. The minimum absolute atomic E-state index is 0.00574. The van der Waals surface area contributed by atoms with Crippen LogP contribution in [-0.2, 0) is 9.53 Å². The molecule has 1 N–H and O–H groups in total. The SMILES string of the molecule is O=C1O[C@H]2[C@@H](Br)[C@@H]3C[C@H]2[C@H]1[C@H]3CO. The highest BCUT2D eigenvalue weighted by Crippen LogP contribution is 2.59. The van der Waals surface area contributed by atoms with Crippen molar-refractivity contribution in [1.82, 2.24) is 0 Å². The third-order valence-corrected chi connectivity index (χ3v) is 5.10. The number of hydrogen-bond donors (Lipinski definition) is 1. The topological polar surface area (TPSA) is 46.5 Å². The number of aliphatic hydroxyl groups is 1. The number of aliphatic hydroxyl groups excluding tert-OH is 1. The van der Waals surface area contributed by atoms with Crippen molar-refractivity contribution in [1.29, 1.82) is 0 Å². The molecule has 4 heteroatoms. The quantitative estimate of drug-likeness (QED) is 0.543. The Balaban J connectivity index is 2.01. The van der Waals surface area contributed by atoms with Crippen LogP contribution in [0.2, 0.25) is 0 Å². The van der Waals surface area contributed by atoms with E-state index in [1.807, 2.05) is 0 Å². The second-order valence-corrected chi connectivity index (χ2v) is 5.34. The summed E-state index contributed by atoms with van der Waals surface area (Å²) in [6.07, 6.45) is 1.13. The van der Waals surface area contributed by atoms with Crippen molar-refractivity contribution in [3.05, 3.63) is 0 Å². The van der Waals surface area contributed by atoms with Crippen LogP contribution in [-0.4, -0.2) is 28.6 Å². The molecule has 3 rings (SSSR count). The predicted molar refractivity (Wildman–Crippen MR) is 48.3 cm³/mol. The normalized spacial score (nSPS) is 57.2. The summed E-state index contributed by atoms with van der Waals surface area (Å²) >= 11 is 3.57. The smallest absolute Gasteiger partial charge is 0.310 e.